The molecule has 2 saturated carbocycles. The molecule has 1 unspecified atom stereocenters. The van der Waals surface area contributed by atoms with Gasteiger partial charge in [0, 0.05) is 86.9 Å². The second kappa shape index (κ2) is 18.3. The topological polar surface area (TPSA) is 159 Å². The van der Waals surface area contributed by atoms with Gasteiger partial charge in [0.15, 0.2) is 5.82 Å². The average molecular weight is 822 g/mol. The van der Waals surface area contributed by atoms with Crippen molar-refractivity contribution in [2.75, 3.05) is 54.4 Å². The summed E-state index contributed by atoms with van der Waals surface area (Å²) < 4.78 is 32.4. The van der Waals surface area contributed by atoms with E-state index in [1.165, 1.54) is 22.9 Å². The number of rotatable bonds is 12. The molecular formula is C45H53F2N9O4. The Hall–Kier alpha value is -5.70. The summed E-state index contributed by atoms with van der Waals surface area (Å²) in [6.45, 7) is 4.84. The molecule has 4 aromatic rings. The van der Waals surface area contributed by atoms with Crippen LogP contribution in [0.25, 0.3) is 16.9 Å². The number of nitrogens with one attached hydrogen (secondary N) is 2. The lowest BCUT2D eigenvalue weighted by Crippen LogP contribution is -2.48. The minimum Gasteiger partial charge on any atom is -0.374 e. The normalized spacial score (nSPS) is 23.8. The monoisotopic (exact) mass is 821 g/mol. The zero-order valence-electron chi connectivity index (χ0n) is 33.8. The molecule has 316 valence electrons. The Balaban J connectivity index is 0.881. The number of piperazine rings is 1. The van der Waals surface area contributed by atoms with Gasteiger partial charge in [-0.1, -0.05) is 18.2 Å². The molecule has 13 nitrogen and oxygen atoms in total. The van der Waals surface area contributed by atoms with Crippen molar-refractivity contribution in [1.29, 1.82) is 0 Å². The molecular weight excluding hydrogens is 769 g/mol. The van der Waals surface area contributed by atoms with Crippen LogP contribution in [0.15, 0.2) is 77.9 Å². The van der Waals surface area contributed by atoms with Crippen LogP contribution in [0.2, 0.25) is 0 Å². The van der Waals surface area contributed by atoms with Crippen molar-refractivity contribution < 1.29 is 23.2 Å². The summed E-state index contributed by atoms with van der Waals surface area (Å²) in [4.78, 5) is 64.4. The molecule has 15 heteroatoms. The first-order valence-corrected chi connectivity index (χ1v) is 21.3. The lowest BCUT2D eigenvalue weighted by Gasteiger charge is -2.41. The number of aromatic nitrogens is 3. The second-order valence-corrected chi connectivity index (χ2v) is 16.9. The summed E-state index contributed by atoms with van der Waals surface area (Å²) in [5.74, 6) is -0.559. The molecule has 0 bridgehead atoms. The minimum atomic E-state index is -0.567. The van der Waals surface area contributed by atoms with E-state index in [4.69, 9.17) is 10.7 Å². The van der Waals surface area contributed by atoms with E-state index in [-0.39, 0.29) is 53.2 Å². The van der Waals surface area contributed by atoms with Crippen molar-refractivity contribution >= 4 is 35.0 Å². The molecule has 3 amide bonds. The Labute approximate surface area is 348 Å². The van der Waals surface area contributed by atoms with Gasteiger partial charge in [-0.3, -0.25) is 34.0 Å². The smallest absolute Gasteiger partial charge is 0.255 e. The van der Waals surface area contributed by atoms with Crippen molar-refractivity contribution in [1.82, 2.24) is 24.8 Å². The number of halogens is 2. The predicted octanol–water partition coefficient (Wildman–Crippen LogP) is 5.27. The first-order chi connectivity index (χ1) is 29.1. The number of nitrogens with two attached hydrogens (primary N) is 1. The highest BCUT2D eigenvalue weighted by atomic mass is 19.1. The Morgan fingerprint density at radius 1 is 0.850 bits per heavy atom. The molecule has 60 heavy (non-hydrogen) atoms. The number of benzene rings is 2. The van der Waals surface area contributed by atoms with Crippen molar-refractivity contribution in [3.8, 4) is 16.9 Å². The summed E-state index contributed by atoms with van der Waals surface area (Å²) in [6.07, 6.45) is 10.7. The summed E-state index contributed by atoms with van der Waals surface area (Å²) in [6, 6.07) is 16.6. The second-order valence-electron chi connectivity index (χ2n) is 16.9. The van der Waals surface area contributed by atoms with Crippen LogP contribution < -0.4 is 31.7 Å². The van der Waals surface area contributed by atoms with Crippen LogP contribution in [0.4, 0.5) is 26.1 Å². The Morgan fingerprint density at radius 3 is 2.33 bits per heavy atom. The maximum absolute atomic E-state index is 15.5. The van der Waals surface area contributed by atoms with Gasteiger partial charge >= 0.3 is 0 Å². The van der Waals surface area contributed by atoms with Crippen molar-refractivity contribution in [2.24, 2.45) is 23.5 Å². The van der Waals surface area contributed by atoms with E-state index < -0.39 is 11.9 Å². The summed E-state index contributed by atoms with van der Waals surface area (Å²) >= 11 is 0. The fraction of sp³-hybridized carbons (Fsp3) is 0.467. The molecule has 2 aromatic heterocycles. The molecule has 1 atom stereocenters. The maximum Gasteiger partial charge on any atom is 0.255 e. The number of hydrogen-bond acceptors (Lipinski definition) is 10. The molecule has 4 fully saturated rings. The molecule has 2 saturated heterocycles. The quantitative estimate of drug-likeness (QED) is 0.161. The van der Waals surface area contributed by atoms with E-state index in [1.807, 2.05) is 0 Å². The molecule has 8 rings (SSSR count). The van der Waals surface area contributed by atoms with E-state index in [1.54, 1.807) is 54.7 Å². The summed E-state index contributed by atoms with van der Waals surface area (Å²) in [5.41, 5.74) is 7.89. The summed E-state index contributed by atoms with van der Waals surface area (Å²) in [5, 5.41) is 5.38. The van der Waals surface area contributed by atoms with Crippen molar-refractivity contribution in [3.63, 3.8) is 0 Å². The van der Waals surface area contributed by atoms with E-state index in [9.17, 15) is 19.2 Å². The summed E-state index contributed by atoms with van der Waals surface area (Å²) in [7, 11) is 0. The SMILES string of the molecule is NC(=O)C1CCC(N(CC2CCC(CN3CCN(c4ccc(NC5CCC(=O)NC5=O)cc4F)CC3)CC2)c2ncc(F)c(-c3cccc(-n4ccccc4=O)c3)n2)CC1. The lowest BCUT2D eigenvalue weighted by molar-refractivity contribution is -0.133. The Kier molecular flexibility index (Phi) is 12.5. The first kappa shape index (κ1) is 41.1. The third-order valence-electron chi connectivity index (χ3n) is 12.9. The molecule has 4 N–H and O–H groups in total. The number of piperidine rings is 1. The van der Waals surface area contributed by atoms with Crippen LogP contribution >= 0.6 is 0 Å². The van der Waals surface area contributed by atoms with Gasteiger partial charge in [-0.2, -0.15) is 0 Å². The number of carbonyl (C=O) groups is 3. The van der Waals surface area contributed by atoms with E-state index >= 15 is 8.78 Å². The van der Waals surface area contributed by atoms with Crippen LogP contribution in [-0.2, 0) is 14.4 Å². The lowest BCUT2D eigenvalue weighted by atomic mass is 9.80. The Bertz CT molecular complexity index is 2250. The van der Waals surface area contributed by atoms with Crippen molar-refractivity contribution in [3.05, 3.63) is 95.0 Å². The van der Waals surface area contributed by atoms with Crippen LogP contribution in [0.1, 0.15) is 64.2 Å². The van der Waals surface area contributed by atoms with Crippen LogP contribution in [0.3, 0.4) is 0 Å². The molecule has 4 heterocycles. The van der Waals surface area contributed by atoms with Crippen LogP contribution in [0, 0.1) is 29.4 Å². The highest BCUT2D eigenvalue weighted by Gasteiger charge is 2.34. The largest absolute Gasteiger partial charge is 0.374 e. The van der Waals surface area contributed by atoms with Gasteiger partial charge in [0.1, 0.15) is 17.6 Å². The van der Waals surface area contributed by atoms with E-state index in [2.05, 4.69) is 30.3 Å². The molecule has 4 aliphatic rings. The third-order valence-corrected chi connectivity index (χ3v) is 12.9. The van der Waals surface area contributed by atoms with E-state index in [0.717, 1.165) is 64.7 Å². The molecule has 0 radical (unpaired) electrons. The molecule has 2 aromatic carbocycles. The number of primary amides is 1. The van der Waals surface area contributed by atoms with Gasteiger partial charge in [0.05, 0.1) is 11.9 Å². The standard InChI is InChI=1S/C45H53F2N9O4/c46-36-25-33(50-38-16-18-40(57)51-44(38)60)13-17-39(36)54-22-20-53(21-23-54)27-29-7-9-30(10-8-29)28-56(34-14-11-31(12-15-34)43(48)59)45-49-26-37(47)42(52-45)32-4-3-5-35(24-32)55-19-2-1-6-41(55)58/h1-6,13,17,19,24-26,29-31,34,38,50H,7-12,14-16,18,20-23,27-28H2,(H2,48,59)(H,51,57,60). The van der Waals surface area contributed by atoms with E-state index in [0.29, 0.717) is 72.8 Å². The third kappa shape index (κ3) is 9.51. The van der Waals surface area contributed by atoms with Gasteiger partial charge < -0.3 is 20.9 Å². The Morgan fingerprint density at radius 2 is 1.62 bits per heavy atom. The highest BCUT2D eigenvalue weighted by Crippen LogP contribution is 2.36. The molecule has 2 aliphatic carbocycles. The fourth-order valence-corrected chi connectivity index (χ4v) is 9.51. The van der Waals surface area contributed by atoms with Crippen molar-refractivity contribution in [2.45, 2.75) is 76.3 Å². The molecule has 2 aliphatic heterocycles. The first-order valence-electron chi connectivity index (χ1n) is 21.3. The molecule has 0 spiro atoms. The van der Waals surface area contributed by atoms with Crippen LogP contribution in [-0.4, -0.2) is 88.5 Å². The highest BCUT2D eigenvalue weighted by molar-refractivity contribution is 6.01. The van der Waals surface area contributed by atoms with Gasteiger partial charge in [-0.15, -0.1) is 0 Å². The number of carbonyl (C=O) groups excluding carboxylic acids is 3. The minimum absolute atomic E-state index is 0.0878. The number of amides is 3. The van der Waals surface area contributed by atoms with Crippen LogP contribution in [0.5, 0.6) is 0 Å². The fourth-order valence-electron chi connectivity index (χ4n) is 9.51. The van der Waals surface area contributed by atoms with Gasteiger partial charge in [0.25, 0.3) is 5.56 Å². The zero-order chi connectivity index (χ0) is 41.8. The predicted molar refractivity (Wildman–Crippen MR) is 226 cm³/mol. The number of hydrogen-bond donors (Lipinski definition) is 3. The van der Waals surface area contributed by atoms with Gasteiger partial charge in [-0.05, 0) is 106 Å². The van der Waals surface area contributed by atoms with Gasteiger partial charge in [-0.25, -0.2) is 18.7 Å². The van der Waals surface area contributed by atoms with Gasteiger partial charge in [0.2, 0.25) is 23.7 Å². The number of pyridine rings is 1. The zero-order valence-corrected chi connectivity index (χ0v) is 33.8. The maximum atomic E-state index is 15.5. The number of anilines is 3. The average Bonchev–Trinajstić information content (AvgIpc) is 3.25. The number of imide groups is 1. The number of nitrogens with zero attached hydrogens (tertiary/aromatic N) is 6.